The monoisotopic (exact) mass is 376 g/mol. The van der Waals surface area contributed by atoms with Crippen LogP contribution in [0.25, 0.3) is 0 Å². The van der Waals surface area contributed by atoms with E-state index in [1.165, 1.54) is 18.2 Å². The summed E-state index contributed by atoms with van der Waals surface area (Å²) in [5, 5.41) is 2.83. The van der Waals surface area contributed by atoms with E-state index < -0.39 is 20.2 Å². The number of halogens is 3. The highest BCUT2D eigenvalue weighted by Gasteiger charge is 2.46. The lowest BCUT2D eigenvalue weighted by Crippen LogP contribution is -2.43. The van der Waals surface area contributed by atoms with Gasteiger partial charge in [0.1, 0.15) is 0 Å². The van der Waals surface area contributed by atoms with E-state index in [0.717, 1.165) is 43.6 Å². The summed E-state index contributed by atoms with van der Waals surface area (Å²) in [5.41, 5.74) is -4.57. The van der Waals surface area contributed by atoms with Crippen LogP contribution in [-0.2, 0) is 21.2 Å². The molecule has 1 amide bonds. The summed E-state index contributed by atoms with van der Waals surface area (Å²) in [6, 6.07) is 4.83. The van der Waals surface area contributed by atoms with Crippen LogP contribution in [0.5, 0.6) is 0 Å². The Bertz CT molecular complexity index is 722. The zero-order chi connectivity index (χ0) is 18.7. The summed E-state index contributed by atoms with van der Waals surface area (Å²) in [6.07, 6.45) is 2.75. The maximum atomic E-state index is 12.5. The van der Waals surface area contributed by atoms with Crippen molar-refractivity contribution >= 4 is 15.7 Å². The van der Waals surface area contributed by atoms with Gasteiger partial charge in [-0.25, -0.2) is 8.42 Å². The first-order valence-corrected chi connectivity index (χ1v) is 9.17. The van der Waals surface area contributed by atoms with Crippen LogP contribution in [0.3, 0.4) is 0 Å². The van der Waals surface area contributed by atoms with Crippen LogP contribution in [0.15, 0.2) is 41.8 Å². The SMILES string of the molecule is C=CC(=O)NC1CCN(Cc2ccc(S(=O)(=O)C(F)(F)F)cc2)CC1. The molecule has 138 valence electrons. The Labute approximate surface area is 144 Å². The molecule has 0 unspecified atom stereocenters. The van der Waals surface area contributed by atoms with E-state index in [1.54, 1.807) is 0 Å². The van der Waals surface area contributed by atoms with Gasteiger partial charge in [0.25, 0.3) is 9.84 Å². The second kappa shape index (κ2) is 7.57. The molecule has 1 aromatic carbocycles. The minimum atomic E-state index is -5.31. The summed E-state index contributed by atoms with van der Waals surface area (Å²) in [4.78, 5) is 12.6. The van der Waals surface area contributed by atoms with Crippen LogP contribution in [-0.4, -0.2) is 43.9 Å². The molecule has 0 spiro atoms. The lowest BCUT2D eigenvalue weighted by Gasteiger charge is -2.32. The number of likely N-dealkylation sites (tertiary alicyclic amines) is 1. The first-order valence-electron chi connectivity index (χ1n) is 7.69. The standard InChI is InChI=1S/C16H19F3N2O3S/c1-2-15(22)20-13-7-9-21(10-8-13)11-12-3-5-14(6-4-12)25(23,24)16(17,18)19/h2-6,13H,1,7-11H2,(H,20,22). The molecular weight excluding hydrogens is 357 g/mol. The average Bonchev–Trinajstić information content (AvgIpc) is 2.56. The first-order chi connectivity index (χ1) is 11.6. The van der Waals surface area contributed by atoms with Gasteiger partial charge < -0.3 is 5.32 Å². The highest BCUT2D eigenvalue weighted by Crippen LogP contribution is 2.30. The summed E-state index contributed by atoms with van der Waals surface area (Å²) in [6.45, 7) is 5.36. The van der Waals surface area contributed by atoms with Crippen LogP contribution in [0.4, 0.5) is 13.2 Å². The molecule has 0 atom stereocenters. The molecule has 0 radical (unpaired) electrons. The van der Waals surface area contributed by atoms with Gasteiger partial charge in [-0.2, -0.15) is 13.2 Å². The lowest BCUT2D eigenvalue weighted by atomic mass is 10.0. The molecule has 5 nitrogen and oxygen atoms in total. The minimum Gasteiger partial charge on any atom is -0.350 e. The second-order valence-electron chi connectivity index (χ2n) is 5.86. The highest BCUT2D eigenvalue weighted by atomic mass is 32.2. The third-order valence-corrected chi connectivity index (χ3v) is 5.57. The predicted molar refractivity (Wildman–Crippen MR) is 86.3 cm³/mol. The van der Waals surface area contributed by atoms with Crippen molar-refractivity contribution in [2.75, 3.05) is 13.1 Å². The van der Waals surface area contributed by atoms with E-state index in [-0.39, 0.29) is 11.9 Å². The summed E-state index contributed by atoms with van der Waals surface area (Å²) < 4.78 is 60.2. The van der Waals surface area contributed by atoms with Crippen LogP contribution in [0.2, 0.25) is 0 Å². The van der Waals surface area contributed by atoms with Crippen LogP contribution < -0.4 is 5.32 Å². The molecule has 1 aromatic rings. The van der Waals surface area contributed by atoms with Gasteiger partial charge >= 0.3 is 5.51 Å². The molecule has 0 bridgehead atoms. The smallest absolute Gasteiger partial charge is 0.350 e. The number of piperidine rings is 1. The molecule has 1 N–H and O–H groups in total. The van der Waals surface area contributed by atoms with E-state index in [4.69, 9.17) is 0 Å². The Hall–Kier alpha value is -1.87. The molecule has 25 heavy (non-hydrogen) atoms. The Kier molecular flexibility index (Phi) is 5.89. The average molecular weight is 376 g/mol. The molecule has 0 aromatic heterocycles. The van der Waals surface area contributed by atoms with Gasteiger partial charge in [-0.15, -0.1) is 0 Å². The quantitative estimate of drug-likeness (QED) is 0.801. The van der Waals surface area contributed by atoms with Gasteiger partial charge in [0.2, 0.25) is 5.91 Å². The van der Waals surface area contributed by atoms with Crippen LogP contribution >= 0.6 is 0 Å². The predicted octanol–water partition coefficient (Wildman–Crippen LogP) is 2.25. The van der Waals surface area contributed by atoms with E-state index >= 15 is 0 Å². The number of hydrogen-bond donors (Lipinski definition) is 1. The number of rotatable bonds is 5. The number of sulfone groups is 1. The highest BCUT2D eigenvalue weighted by molar-refractivity contribution is 7.92. The Balaban J connectivity index is 1.93. The number of carbonyl (C=O) groups excluding carboxylic acids is 1. The third kappa shape index (κ3) is 4.82. The maximum absolute atomic E-state index is 12.5. The van der Waals surface area contributed by atoms with Crippen molar-refractivity contribution in [2.45, 2.75) is 35.8 Å². The van der Waals surface area contributed by atoms with Gasteiger partial charge in [0, 0.05) is 25.7 Å². The van der Waals surface area contributed by atoms with E-state index in [0.29, 0.717) is 6.54 Å². The molecule has 9 heteroatoms. The van der Waals surface area contributed by atoms with Gasteiger partial charge in [0.05, 0.1) is 4.90 Å². The fraction of sp³-hybridized carbons (Fsp3) is 0.438. The van der Waals surface area contributed by atoms with E-state index in [1.807, 2.05) is 0 Å². The molecule has 1 aliphatic rings. The number of amides is 1. The molecule has 0 saturated carbocycles. The molecule has 1 aliphatic heterocycles. The second-order valence-corrected chi connectivity index (χ2v) is 7.80. The summed E-state index contributed by atoms with van der Waals surface area (Å²) in [7, 11) is -5.31. The lowest BCUT2D eigenvalue weighted by molar-refractivity contribution is -0.117. The minimum absolute atomic E-state index is 0.0843. The van der Waals surface area contributed by atoms with Crippen molar-refractivity contribution in [1.82, 2.24) is 10.2 Å². The maximum Gasteiger partial charge on any atom is 0.501 e. The van der Waals surface area contributed by atoms with Crippen molar-refractivity contribution in [2.24, 2.45) is 0 Å². The molecule has 1 heterocycles. The number of carbonyl (C=O) groups is 1. The number of alkyl halides is 3. The summed E-state index contributed by atoms with van der Waals surface area (Å²) >= 11 is 0. The number of benzene rings is 1. The van der Waals surface area contributed by atoms with Crippen molar-refractivity contribution in [3.8, 4) is 0 Å². The zero-order valence-corrected chi connectivity index (χ0v) is 14.2. The number of nitrogens with one attached hydrogen (secondary N) is 1. The zero-order valence-electron chi connectivity index (χ0n) is 13.4. The topological polar surface area (TPSA) is 66.5 Å². The normalized spacial score (nSPS) is 17.2. The number of nitrogens with zero attached hydrogens (tertiary/aromatic N) is 1. The largest absolute Gasteiger partial charge is 0.501 e. The van der Waals surface area contributed by atoms with Crippen LogP contribution in [0.1, 0.15) is 18.4 Å². The van der Waals surface area contributed by atoms with Gasteiger partial charge in [-0.3, -0.25) is 9.69 Å². The third-order valence-electron chi connectivity index (χ3n) is 4.06. The van der Waals surface area contributed by atoms with Gasteiger partial charge in [-0.05, 0) is 36.6 Å². The number of hydrogen-bond acceptors (Lipinski definition) is 4. The van der Waals surface area contributed by atoms with Gasteiger partial charge in [-0.1, -0.05) is 18.7 Å². The molecule has 1 saturated heterocycles. The first kappa shape index (κ1) is 19.5. The fourth-order valence-electron chi connectivity index (χ4n) is 2.66. The molecule has 2 rings (SSSR count). The van der Waals surface area contributed by atoms with E-state index in [2.05, 4.69) is 16.8 Å². The molecule has 0 aliphatic carbocycles. The molecular formula is C16H19F3N2O3S. The fourth-order valence-corrected chi connectivity index (χ4v) is 3.42. The Morgan fingerprint density at radius 3 is 2.28 bits per heavy atom. The molecule has 1 fully saturated rings. The Morgan fingerprint density at radius 2 is 1.80 bits per heavy atom. The summed E-state index contributed by atoms with van der Waals surface area (Å²) in [5.74, 6) is -0.208. The van der Waals surface area contributed by atoms with Gasteiger partial charge in [0.15, 0.2) is 0 Å². The van der Waals surface area contributed by atoms with Crippen molar-refractivity contribution in [1.29, 1.82) is 0 Å². The van der Waals surface area contributed by atoms with Crippen molar-refractivity contribution < 1.29 is 26.4 Å². The van der Waals surface area contributed by atoms with E-state index in [9.17, 15) is 26.4 Å². The van der Waals surface area contributed by atoms with Crippen LogP contribution in [0, 0.1) is 0 Å². The van der Waals surface area contributed by atoms with Crippen molar-refractivity contribution in [3.05, 3.63) is 42.5 Å². The van der Waals surface area contributed by atoms with Crippen molar-refractivity contribution in [3.63, 3.8) is 0 Å². The Morgan fingerprint density at radius 1 is 1.24 bits per heavy atom.